The molecule has 0 aromatic heterocycles. The first-order valence-corrected chi connectivity index (χ1v) is 9.09. The maximum atomic E-state index is 14.4. The number of nitrogens with one attached hydrogen (secondary N) is 1. The first-order chi connectivity index (χ1) is 11.8. The fourth-order valence-electron chi connectivity index (χ4n) is 6.03. The van der Waals surface area contributed by atoms with Gasteiger partial charge in [0.15, 0.2) is 0 Å². The number of hydrogen-bond acceptors (Lipinski definition) is 2. The van der Waals surface area contributed by atoms with E-state index in [1.165, 1.54) is 12.1 Å². The van der Waals surface area contributed by atoms with Crippen LogP contribution in [-0.4, -0.2) is 18.6 Å². The van der Waals surface area contributed by atoms with Crippen molar-refractivity contribution in [3.8, 4) is 0 Å². The Morgan fingerprint density at radius 2 is 2.08 bits per heavy atom. The van der Waals surface area contributed by atoms with E-state index in [1.54, 1.807) is 6.92 Å². The topological polar surface area (TPSA) is 38.3 Å². The summed E-state index contributed by atoms with van der Waals surface area (Å²) in [5.74, 6) is -0.509. The Labute approximate surface area is 147 Å². The van der Waals surface area contributed by atoms with Gasteiger partial charge in [-0.3, -0.25) is 4.79 Å². The zero-order valence-electron chi connectivity index (χ0n) is 14.9. The summed E-state index contributed by atoms with van der Waals surface area (Å²) in [6.07, 6.45) is 2.51. The van der Waals surface area contributed by atoms with Crippen molar-refractivity contribution >= 4 is 5.91 Å². The van der Waals surface area contributed by atoms with Crippen LogP contribution in [0.1, 0.15) is 51.7 Å². The highest BCUT2D eigenvalue weighted by molar-refractivity contribution is 5.73. The first kappa shape index (κ1) is 17.0. The molecule has 1 aromatic carbocycles. The molecule has 136 valence electrons. The van der Waals surface area contributed by atoms with Crippen molar-refractivity contribution in [1.82, 2.24) is 5.32 Å². The molecule has 1 N–H and O–H groups in total. The Kier molecular flexibility index (Phi) is 3.73. The van der Waals surface area contributed by atoms with E-state index in [9.17, 15) is 13.6 Å². The van der Waals surface area contributed by atoms with Gasteiger partial charge in [-0.2, -0.15) is 0 Å². The second kappa shape index (κ2) is 5.50. The Morgan fingerprint density at radius 3 is 2.76 bits per heavy atom. The van der Waals surface area contributed by atoms with Gasteiger partial charge in [0.05, 0.1) is 6.10 Å². The molecule has 3 nitrogen and oxygen atoms in total. The van der Waals surface area contributed by atoms with E-state index in [-0.39, 0.29) is 34.8 Å². The number of carbonyl (C=O) groups excluding carboxylic acids is 1. The van der Waals surface area contributed by atoms with Gasteiger partial charge in [0, 0.05) is 31.2 Å². The summed E-state index contributed by atoms with van der Waals surface area (Å²) >= 11 is 0. The third-order valence-corrected chi connectivity index (χ3v) is 7.12. The van der Waals surface area contributed by atoms with Crippen LogP contribution in [0.3, 0.4) is 0 Å². The van der Waals surface area contributed by atoms with Gasteiger partial charge < -0.3 is 10.1 Å². The zero-order valence-corrected chi connectivity index (χ0v) is 14.9. The highest BCUT2D eigenvalue weighted by Gasteiger charge is 2.68. The minimum Gasteiger partial charge on any atom is -0.373 e. The van der Waals surface area contributed by atoms with Gasteiger partial charge in [-0.05, 0) is 48.0 Å². The van der Waals surface area contributed by atoms with Crippen molar-refractivity contribution in [2.75, 3.05) is 6.61 Å². The third-order valence-electron chi connectivity index (χ3n) is 7.12. The molecule has 5 heteroatoms. The van der Waals surface area contributed by atoms with Gasteiger partial charge in [-0.1, -0.05) is 19.9 Å². The highest BCUT2D eigenvalue weighted by Crippen LogP contribution is 2.70. The highest BCUT2D eigenvalue weighted by atomic mass is 19.1. The number of hydrogen-bond donors (Lipinski definition) is 1. The van der Waals surface area contributed by atoms with Crippen LogP contribution in [0.2, 0.25) is 0 Å². The second-order valence-corrected chi connectivity index (χ2v) is 8.64. The lowest BCUT2D eigenvalue weighted by molar-refractivity contribution is -0.136. The second-order valence-electron chi connectivity index (χ2n) is 8.64. The molecule has 1 amide bonds. The predicted molar refractivity (Wildman–Crippen MR) is 89.7 cm³/mol. The lowest BCUT2D eigenvalue weighted by atomic mass is 9.59. The average molecular weight is 349 g/mol. The van der Waals surface area contributed by atoms with Crippen molar-refractivity contribution in [2.45, 2.75) is 52.2 Å². The molecule has 25 heavy (non-hydrogen) atoms. The summed E-state index contributed by atoms with van der Waals surface area (Å²) in [6.45, 7) is 6.55. The molecule has 2 saturated carbocycles. The van der Waals surface area contributed by atoms with Crippen molar-refractivity contribution in [1.29, 1.82) is 0 Å². The lowest BCUT2D eigenvalue weighted by Gasteiger charge is -2.53. The summed E-state index contributed by atoms with van der Waals surface area (Å²) in [6, 6.07) is 3.81. The van der Waals surface area contributed by atoms with Gasteiger partial charge >= 0.3 is 0 Å². The van der Waals surface area contributed by atoms with E-state index in [0.717, 1.165) is 25.3 Å². The molecule has 0 radical (unpaired) electrons. The Balaban J connectivity index is 1.73. The molecule has 2 aliphatic carbocycles. The van der Waals surface area contributed by atoms with E-state index in [4.69, 9.17) is 4.74 Å². The fourth-order valence-corrected chi connectivity index (χ4v) is 6.03. The van der Waals surface area contributed by atoms with Crippen molar-refractivity contribution in [3.05, 3.63) is 35.4 Å². The van der Waals surface area contributed by atoms with Crippen LogP contribution in [-0.2, 0) is 9.53 Å². The number of benzene rings is 1. The third kappa shape index (κ3) is 2.35. The lowest BCUT2D eigenvalue weighted by Crippen LogP contribution is -2.58. The summed E-state index contributed by atoms with van der Waals surface area (Å²) in [5, 5.41) is 3.20. The predicted octanol–water partition coefficient (Wildman–Crippen LogP) is 3.98. The first-order valence-electron chi connectivity index (χ1n) is 9.09. The number of amides is 1. The summed E-state index contributed by atoms with van der Waals surface area (Å²) < 4.78 is 33.7. The van der Waals surface area contributed by atoms with E-state index in [2.05, 4.69) is 19.2 Å². The molecular formula is C20H25F2NO2. The van der Waals surface area contributed by atoms with Gasteiger partial charge in [-0.25, -0.2) is 8.78 Å². The molecule has 1 saturated heterocycles. The molecule has 2 bridgehead atoms. The number of carbonyl (C=O) groups is 1. The van der Waals surface area contributed by atoms with Gasteiger partial charge in [-0.15, -0.1) is 0 Å². The summed E-state index contributed by atoms with van der Waals surface area (Å²) in [7, 11) is 0. The standard InChI is InChI=1S/C20H25F2NO2/c1-11(24)23-18-19(2,3)12-8-15-17(25-7-6-20(15,18)10-12)14-5-4-13(21)9-16(14)22/h4-5,9,12,15,17-18H,6-8,10H2,1-3H3,(H,23,24)/t12-,15-,17-,18+,20?/m1/s1. The quantitative estimate of drug-likeness (QED) is 0.877. The van der Waals surface area contributed by atoms with E-state index < -0.39 is 11.6 Å². The van der Waals surface area contributed by atoms with Crippen LogP contribution in [0, 0.1) is 34.3 Å². The molecule has 1 heterocycles. The van der Waals surface area contributed by atoms with Gasteiger partial charge in [0.1, 0.15) is 11.6 Å². The fraction of sp³-hybridized carbons (Fsp3) is 0.650. The zero-order chi connectivity index (χ0) is 18.0. The summed E-state index contributed by atoms with van der Waals surface area (Å²) in [4.78, 5) is 11.8. The SMILES string of the molecule is CC(=O)N[C@H]1C(C)(C)[C@@H]2C[C@@H]3[C@@H](c4ccc(F)cc4F)OCCC31C2. The number of halogens is 2. The van der Waals surface area contributed by atoms with E-state index >= 15 is 0 Å². The molecule has 1 aliphatic heterocycles. The molecule has 1 spiro atoms. The van der Waals surface area contributed by atoms with Crippen LogP contribution in [0.4, 0.5) is 8.78 Å². The van der Waals surface area contributed by atoms with Crippen LogP contribution < -0.4 is 5.32 Å². The minimum atomic E-state index is -0.572. The summed E-state index contributed by atoms with van der Waals surface area (Å²) in [5.41, 5.74) is 0.395. The number of ether oxygens (including phenoxy) is 1. The molecule has 3 fully saturated rings. The Hall–Kier alpha value is -1.49. The van der Waals surface area contributed by atoms with Crippen molar-refractivity contribution in [3.63, 3.8) is 0 Å². The van der Waals surface area contributed by atoms with Crippen molar-refractivity contribution in [2.24, 2.45) is 22.7 Å². The number of rotatable bonds is 2. The largest absolute Gasteiger partial charge is 0.373 e. The molecule has 5 atom stereocenters. The van der Waals surface area contributed by atoms with Gasteiger partial charge in [0.25, 0.3) is 0 Å². The molecular weight excluding hydrogens is 324 g/mol. The monoisotopic (exact) mass is 349 g/mol. The van der Waals surface area contributed by atoms with Gasteiger partial charge in [0.2, 0.25) is 5.91 Å². The normalized spacial score (nSPS) is 38.4. The molecule has 4 rings (SSSR count). The maximum absolute atomic E-state index is 14.4. The van der Waals surface area contributed by atoms with Crippen LogP contribution >= 0.6 is 0 Å². The Morgan fingerprint density at radius 1 is 1.32 bits per heavy atom. The minimum absolute atomic E-state index is 0.0187. The van der Waals surface area contributed by atoms with E-state index in [1.807, 2.05) is 0 Å². The molecule has 1 unspecified atom stereocenters. The van der Waals surface area contributed by atoms with Crippen molar-refractivity contribution < 1.29 is 18.3 Å². The smallest absolute Gasteiger partial charge is 0.217 e. The average Bonchev–Trinajstić information content (AvgIpc) is 3.00. The maximum Gasteiger partial charge on any atom is 0.217 e. The van der Waals surface area contributed by atoms with Crippen LogP contribution in [0.15, 0.2) is 18.2 Å². The number of fused-ring (bicyclic) bond motifs is 1. The van der Waals surface area contributed by atoms with E-state index in [0.29, 0.717) is 18.1 Å². The molecule has 3 aliphatic rings. The van der Waals surface area contributed by atoms with Crippen LogP contribution in [0.5, 0.6) is 0 Å². The Bertz CT molecular complexity index is 720. The molecule has 1 aromatic rings. The van der Waals surface area contributed by atoms with Crippen LogP contribution in [0.25, 0.3) is 0 Å².